The molecule has 0 saturated carbocycles. The van der Waals surface area contributed by atoms with Crippen molar-refractivity contribution in [3.05, 3.63) is 58.3 Å². The van der Waals surface area contributed by atoms with Crippen LogP contribution in [-0.4, -0.2) is 14.7 Å². The van der Waals surface area contributed by atoms with Gasteiger partial charge in [0.15, 0.2) is 9.84 Å². The van der Waals surface area contributed by atoms with Crippen LogP contribution in [0.5, 0.6) is 0 Å². The van der Waals surface area contributed by atoms with Gasteiger partial charge >= 0.3 is 0 Å². The first-order valence-electron chi connectivity index (χ1n) is 6.29. The van der Waals surface area contributed by atoms with E-state index in [1.807, 2.05) is 6.92 Å². The van der Waals surface area contributed by atoms with Crippen LogP contribution in [0.15, 0.2) is 51.8 Å². The number of rotatable bonds is 4. The first-order valence-corrected chi connectivity index (χ1v) is 8.98. The van der Waals surface area contributed by atoms with Crippen molar-refractivity contribution in [1.29, 1.82) is 0 Å². The number of nitrogens with one attached hydrogen (secondary N) is 1. The van der Waals surface area contributed by atoms with Gasteiger partial charge < -0.3 is 5.32 Å². The maximum atomic E-state index is 13.3. The molecule has 0 saturated heterocycles. The molecule has 2 aromatic carbocycles. The lowest BCUT2D eigenvalue weighted by molar-refractivity contribution is 0.602. The maximum Gasteiger partial charge on any atom is 0.177 e. The van der Waals surface area contributed by atoms with Gasteiger partial charge in [-0.2, -0.15) is 0 Å². The molecule has 0 heterocycles. The molecule has 1 atom stereocenters. The molecule has 0 aliphatic carbocycles. The van der Waals surface area contributed by atoms with E-state index in [0.717, 1.165) is 5.56 Å². The van der Waals surface area contributed by atoms with Gasteiger partial charge in [-0.25, -0.2) is 12.8 Å². The molecule has 112 valence electrons. The highest BCUT2D eigenvalue weighted by Gasteiger charge is 2.15. The van der Waals surface area contributed by atoms with Gasteiger partial charge in [0, 0.05) is 12.3 Å². The molecule has 0 amide bonds. The van der Waals surface area contributed by atoms with E-state index in [4.69, 9.17) is 0 Å². The summed E-state index contributed by atoms with van der Waals surface area (Å²) in [6, 6.07) is 11.3. The normalized spacial score (nSPS) is 13.0. The fourth-order valence-corrected chi connectivity index (χ4v) is 3.26. The van der Waals surface area contributed by atoms with Crippen molar-refractivity contribution < 1.29 is 12.8 Å². The predicted octanol–water partition coefficient (Wildman–Crippen LogP) is 4.16. The summed E-state index contributed by atoms with van der Waals surface area (Å²) in [5.41, 5.74) is 1.39. The Kier molecular flexibility index (Phi) is 4.68. The number of hydrogen-bond acceptors (Lipinski definition) is 3. The third kappa shape index (κ3) is 3.83. The van der Waals surface area contributed by atoms with Crippen molar-refractivity contribution in [3.63, 3.8) is 0 Å². The van der Waals surface area contributed by atoms with Gasteiger partial charge in [-0.1, -0.05) is 18.2 Å². The van der Waals surface area contributed by atoms with Crippen molar-refractivity contribution in [3.8, 4) is 0 Å². The average molecular weight is 372 g/mol. The monoisotopic (exact) mass is 371 g/mol. The number of hydrogen-bond donors (Lipinski definition) is 1. The predicted molar refractivity (Wildman–Crippen MR) is 85.7 cm³/mol. The number of anilines is 1. The molecule has 3 nitrogen and oxygen atoms in total. The maximum absolute atomic E-state index is 13.3. The zero-order valence-electron chi connectivity index (χ0n) is 11.6. The van der Waals surface area contributed by atoms with Crippen molar-refractivity contribution in [1.82, 2.24) is 0 Å². The molecule has 6 heteroatoms. The van der Waals surface area contributed by atoms with E-state index in [1.54, 1.807) is 36.4 Å². The van der Waals surface area contributed by atoms with Gasteiger partial charge in [0.05, 0.1) is 15.1 Å². The summed E-state index contributed by atoms with van der Waals surface area (Å²) >= 11 is 3.15. The minimum atomic E-state index is -3.31. The van der Waals surface area contributed by atoms with E-state index >= 15 is 0 Å². The third-order valence-corrected chi connectivity index (χ3v) is 4.86. The van der Waals surface area contributed by atoms with Gasteiger partial charge in [0.1, 0.15) is 5.82 Å². The second-order valence-corrected chi connectivity index (χ2v) is 7.65. The van der Waals surface area contributed by atoms with Crippen molar-refractivity contribution in [2.75, 3.05) is 11.6 Å². The standard InChI is InChI=1S/C15H15BrFNO2S/c1-10(11-7-8-13(17)12(16)9-11)18-14-5-3-4-6-15(14)21(2,19)20/h3-10,18H,1-2H3. The van der Waals surface area contributed by atoms with E-state index in [2.05, 4.69) is 21.2 Å². The topological polar surface area (TPSA) is 46.2 Å². The van der Waals surface area contributed by atoms with Crippen LogP contribution in [-0.2, 0) is 9.84 Å². The highest BCUT2D eigenvalue weighted by atomic mass is 79.9. The SMILES string of the molecule is CC(Nc1ccccc1S(C)(=O)=O)c1ccc(F)c(Br)c1. The van der Waals surface area contributed by atoms with Gasteiger partial charge in [-0.3, -0.25) is 0 Å². The molecular formula is C15H15BrFNO2S. The molecule has 2 aromatic rings. The Morgan fingerprint density at radius 2 is 1.86 bits per heavy atom. The van der Waals surface area contributed by atoms with Crippen LogP contribution in [0.2, 0.25) is 0 Å². The zero-order valence-corrected chi connectivity index (χ0v) is 14.0. The molecule has 0 radical (unpaired) electrons. The van der Waals surface area contributed by atoms with Gasteiger partial charge in [0.2, 0.25) is 0 Å². The molecule has 21 heavy (non-hydrogen) atoms. The summed E-state index contributed by atoms with van der Waals surface area (Å²) in [4.78, 5) is 0.248. The molecule has 0 aromatic heterocycles. The Morgan fingerprint density at radius 3 is 2.48 bits per heavy atom. The fourth-order valence-electron chi connectivity index (χ4n) is 2.01. The molecule has 1 unspecified atom stereocenters. The molecule has 0 aliphatic heterocycles. The van der Waals surface area contributed by atoms with Crippen LogP contribution < -0.4 is 5.32 Å². The molecular weight excluding hydrogens is 357 g/mol. The summed E-state index contributed by atoms with van der Waals surface area (Å²) in [5.74, 6) is -0.331. The van der Waals surface area contributed by atoms with E-state index in [-0.39, 0.29) is 16.8 Å². The number of para-hydroxylation sites is 1. The fraction of sp³-hybridized carbons (Fsp3) is 0.200. The van der Waals surface area contributed by atoms with Crippen LogP contribution in [0.3, 0.4) is 0 Å². The quantitative estimate of drug-likeness (QED) is 0.877. The summed E-state index contributed by atoms with van der Waals surface area (Å²) in [6.07, 6.45) is 1.17. The summed E-state index contributed by atoms with van der Waals surface area (Å²) in [5, 5.41) is 3.16. The molecule has 2 rings (SSSR count). The Bertz CT molecular complexity index is 762. The van der Waals surface area contributed by atoms with Crippen molar-refractivity contribution in [2.24, 2.45) is 0 Å². The summed E-state index contributed by atoms with van der Waals surface area (Å²) in [7, 11) is -3.31. The van der Waals surface area contributed by atoms with Crippen LogP contribution in [0.25, 0.3) is 0 Å². The van der Waals surface area contributed by atoms with Crippen LogP contribution in [0, 0.1) is 5.82 Å². The number of sulfone groups is 1. The minimum absolute atomic E-state index is 0.162. The first kappa shape index (κ1) is 16.0. The van der Waals surface area contributed by atoms with Gasteiger partial charge in [-0.15, -0.1) is 0 Å². The van der Waals surface area contributed by atoms with Crippen molar-refractivity contribution in [2.45, 2.75) is 17.9 Å². The molecule has 0 aliphatic rings. The van der Waals surface area contributed by atoms with Crippen LogP contribution in [0.4, 0.5) is 10.1 Å². The second-order valence-electron chi connectivity index (χ2n) is 4.81. The highest BCUT2D eigenvalue weighted by Crippen LogP contribution is 2.27. The Labute approximate surface area is 132 Å². The first-order chi connectivity index (χ1) is 9.79. The van der Waals surface area contributed by atoms with Gasteiger partial charge in [0.25, 0.3) is 0 Å². The van der Waals surface area contributed by atoms with E-state index < -0.39 is 9.84 Å². The Balaban J connectivity index is 2.32. The highest BCUT2D eigenvalue weighted by molar-refractivity contribution is 9.10. The minimum Gasteiger partial charge on any atom is -0.377 e. The van der Waals surface area contributed by atoms with Gasteiger partial charge in [-0.05, 0) is 52.7 Å². The van der Waals surface area contributed by atoms with E-state index in [9.17, 15) is 12.8 Å². The number of halogens is 2. The summed E-state index contributed by atoms with van der Waals surface area (Å²) < 4.78 is 37.2. The average Bonchev–Trinajstić information content (AvgIpc) is 2.41. The smallest absolute Gasteiger partial charge is 0.177 e. The number of benzene rings is 2. The molecule has 0 bridgehead atoms. The molecule has 0 fully saturated rings. The van der Waals surface area contributed by atoms with Crippen LogP contribution >= 0.6 is 15.9 Å². The zero-order chi connectivity index (χ0) is 15.6. The lowest BCUT2D eigenvalue weighted by Gasteiger charge is -2.18. The van der Waals surface area contributed by atoms with E-state index in [0.29, 0.717) is 10.2 Å². The second kappa shape index (κ2) is 6.15. The molecule has 1 N–H and O–H groups in total. The third-order valence-electron chi connectivity index (χ3n) is 3.10. The largest absolute Gasteiger partial charge is 0.377 e. The van der Waals surface area contributed by atoms with Crippen molar-refractivity contribution >= 4 is 31.5 Å². The van der Waals surface area contributed by atoms with Crippen LogP contribution in [0.1, 0.15) is 18.5 Å². The Morgan fingerprint density at radius 1 is 1.19 bits per heavy atom. The Hall–Kier alpha value is -1.40. The van der Waals surface area contributed by atoms with E-state index in [1.165, 1.54) is 12.3 Å². The lowest BCUT2D eigenvalue weighted by atomic mass is 10.1. The lowest BCUT2D eigenvalue weighted by Crippen LogP contribution is -2.10. The molecule has 0 spiro atoms. The summed E-state index contributed by atoms with van der Waals surface area (Å²) in [6.45, 7) is 1.89.